The van der Waals surface area contributed by atoms with Crippen LogP contribution < -0.4 is 5.32 Å². The van der Waals surface area contributed by atoms with Gasteiger partial charge in [0.2, 0.25) is 0 Å². The molecule has 5 heteroatoms. The van der Waals surface area contributed by atoms with E-state index in [-0.39, 0.29) is 0 Å². The normalized spacial score (nSPS) is 22.3. The summed E-state index contributed by atoms with van der Waals surface area (Å²) < 4.78 is 5.25. The van der Waals surface area contributed by atoms with Crippen LogP contribution in [0.5, 0.6) is 0 Å². The van der Waals surface area contributed by atoms with E-state index in [0.29, 0.717) is 6.04 Å². The van der Waals surface area contributed by atoms with Gasteiger partial charge in [0.1, 0.15) is 12.2 Å². The number of hydrogen-bond acceptors (Lipinski definition) is 4. The predicted molar refractivity (Wildman–Crippen MR) is 47.3 cm³/mol. The Morgan fingerprint density at radius 3 is 3.38 bits per heavy atom. The Morgan fingerprint density at radius 2 is 2.69 bits per heavy atom. The van der Waals surface area contributed by atoms with Crippen LogP contribution in [0.4, 0.5) is 0 Å². The molecule has 1 fully saturated rings. The number of H-pyrrole nitrogens is 1. The first kappa shape index (κ1) is 8.65. The molecule has 1 atom stereocenters. The van der Waals surface area contributed by atoms with E-state index in [1.165, 1.54) is 6.33 Å². The molecule has 72 valence electrons. The molecule has 5 nitrogen and oxygen atoms in total. The van der Waals surface area contributed by atoms with Gasteiger partial charge in [-0.25, -0.2) is 4.98 Å². The Bertz CT molecular complexity index is 230. The van der Waals surface area contributed by atoms with Gasteiger partial charge in [-0.05, 0) is 6.42 Å². The first-order valence-corrected chi connectivity index (χ1v) is 4.60. The van der Waals surface area contributed by atoms with Crippen molar-refractivity contribution in [2.24, 2.45) is 0 Å². The highest BCUT2D eigenvalue weighted by molar-refractivity contribution is 4.82. The van der Waals surface area contributed by atoms with Gasteiger partial charge < -0.3 is 10.1 Å². The summed E-state index contributed by atoms with van der Waals surface area (Å²) in [6.45, 7) is 2.67. The summed E-state index contributed by atoms with van der Waals surface area (Å²) in [4.78, 5) is 4.04. The summed E-state index contributed by atoms with van der Waals surface area (Å²) in [6.07, 6.45) is 3.56. The maximum absolute atomic E-state index is 5.25. The van der Waals surface area contributed by atoms with Gasteiger partial charge in [-0.3, -0.25) is 5.10 Å². The van der Waals surface area contributed by atoms with Crippen LogP contribution in [0.1, 0.15) is 12.2 Å². The second-order valence-electron chi connectivity index (χ2n) is 3.20. The van der Waals surface area contributed by atoms with E-state index in [9.17, 15) is 0 Å². The maximum Gasteiger partial charge on any atom is 0.137 e. The van der Waals surface area contributed by atoms with Crippen molar-refractivity contribution in [3.63, 3.8) is 0 Å². The topological polar surface area (TPSA) is 62.8 Å². The van der Waals surface area contributed by atoms with E-state index in [1.54, 1.807) is 0 Å². The largest absolute Gasteiger partial charge is 0.380 e. The molecule has 1 aliphatic rings. The molecular weight excluding hydrogens is 168 g/mol. The van der Waals surface area contributed by atoms with Crippen molar-refractivity contribution in [3.05, 3.63) is 12.2 Å². The van der Waals surface area contributed by atoms with Gasteiger partial charge in [-0.2, -0.15) is 5.10 Å². The SMILES string of the molecule is c1n[nH]c(CCNC2CCOC2)n1. The third kappa shape index (κ3) is 2.50. The van der Waals surface area contributed by atoms with Gasteiger partial charge in [0.05, 0.1) is 6.61 Å². The highest BCUT2D eigenvalue weighted by Crippen LogP contribution is 2.02. The lowest BCUT2D eigenvalue weighted by Crippen LogP contribution is -2.31. The Balaban J connectivity index is 1.63. The Labute approximate surface area is 76.9 Å². The fraction of sp³-hybridized carbons (Fsp3) is 0.750. The molecule has 0 spiro atoms. The summed E-state index contributed by atoms with van der Waals surface area (Å²) in [7, 11) is 0. The van der Waals surface area contributed by atoms with Crippen molar-refractivity contribution in [1.29, 1.82) is 0 Å². The molecule has 1 aliphatic heterocycles. The van der Waals surface area contributed by atoms with Gasteiger partial charge >= 0.3 is 0 Å². The van der Waals surface area contributed by atoms with Crippen molar-refractivity contribution in [2.75, 3.05) is 19.8 Å². The summed E-state index contributed by atoms with van der Waals surface area (Å²) in [5, 5.41) is 10.0. The van der Waals surface area contributed by atoms with Crippen molar-refractivity contribution < 1.29 is 4.74 Å². The van der Waals surface area contributed by atoms with Crippen LogP contribution in [-0.2, 0) is 11.2 Å². The molecule has 0 bridgehead atoms. The van der Waals surface area contributed by atoms with Crippen molar-refractivity contribution >= 4 is 0 Å². The molecule has 0 radical (unpaired) electrons. The number of aromatic amines is 1. The van der Waals surface area contributed by atoms with Crippen LogP contribution >= 0.6 is 0 Å². The number of aromatic nitrogens is 3. The van der Waals surface area contributed by atoms with Crippen molar-refractivity contribution in [1.82, 2.24) is 20.5 Å². The van der Waals surface area contributed by atoms with Crippen LogP contribution in [0.25, 0.3) is 0 Å². The second kappa shape index (κ2) is 4.34. The number of rotatable bonds is 4. The van der Waals surface area contributed by atoms with Crippen LogP contribution in [0.3, 0.4) is 0 Å². The number of nitrogens with one attached hydrogen (secondary N) is 2. The fourth-order valence-corrected chi connectivity index (χ4v) is 1.44. The number of nitrogens with zero attached hydrogens (tertiary/aromatic N) is 2. The van der Waals surface area contributed by atoms with Gasteiger partial charge in [-0.1, -0.05) is 0 Å². The molecule has 0 aliphatic carbocycles. The van der Waals surface area contributed by atoms with Crippen LogP contribution in [0, 0.1) is 0 Å². The molecule has 1 unspecified atom stereocenters. The van der Waals surface area contributed by atoms with E-state index >= 15 is 0 Å². The maximum atomic E-state index is 5.25. The molecular formula is C8H14N4O. The molecule has 2 N–H and O–H groups in total. The van der Waals surface area contributed by atoms with Gasteiger partial charge in [0, 0.05) is 25.6 Å². The zero-order valence-electron chi connectivity index (χ0n) is 7.49. The third-order valence-electron chi connectivity index (χ3n) is 2.19. The monoisotopic (exact) mass is 182 g/mol. The molecule has 2 rings (SSSR count). The fourth-order valence-electron chi connectivity index (χ4n) is 1.44. The summed E-state index contributed by atoms with van der Waals surface area (Å²) >= 11 is 0. The van der Waals surface area contributed by atoms with Crippen LogP contribution in [0.15, 0.2) is 6.33 Å². The highest BCUT2D eigenvalue weighted by atomic mass is 16.5. The highest BCUT2D eigenvalue weighted by Gasteiger charge is 2.13. The van der Waals surface area contributed by atoms with Crippen LogP contribution in [0.2, 0.25) is 0 Å². The summed E-state index contributed by atoms with van der Waals surface area (Å²) in [6, 6.07) is 0.530. The Morgan fingerprint density at radius 1 is 1.69 bits per heavy atom. The van der Waals surface area contributed by atoms with E-state index in [2.05, 4.69) is 20.5 Å². The first-order chi connectivity index (χ1) is 6.45. The molecule has 1 aromatic heterocycles. The lowest BCUT2D eigenvalue weighted by atomic mass is 10.2. The Hall–Kier alpha value is -0.940. The average molecular weight is 182 g/mol. The minimum absolute atomic E-state index is 0.530. The minimum Gasteiger partial charge on any atom is -0.380 e. The van der Waals surface area contributed by atoms with E-state index in [0.717, 1.165) is 38.4 Å². The van der Waals surface area contributed by atoms with Crippen LogP contribution in [-0.4, -0.2) is 41.0 Å². The van der Waals surface area contributed by atoms with E-state index < -0.39 is 0 Å². The molecule has 13 heavy (non-hydrogen) atoms. The summed E-state index contributed by atoms with van der Waals surface area (Å²) in [5.41, 5.74) is 0. The molecule has 1 aromatic rings. The molecule has 2 heterocycles. The predicted octanol–water partition coefficient (Wildman–Crippen LogP) is -0.274. The quantitative estimate of drug-likeness (QED) is 0.672. The average Bonchev–Trinajstić information content (AvgIpc) is 2.75. The first-order valence-electron chi connectivity index (χ1n) is 4.60. The van der Waals surface area contributed by atoms with Gasteiger partial charge in [0.25, 0.3) is 0 Å². The zero-order chi connectivity index (χ0) is 8.93. The second-order valence-corrected chi connectivity index (χ2v) is 3.20. The zero-order valence-corrected chi connectivity index (χ0v) is 7.49. The minimum atomic E-state index is 0.530. The standard InChI is InChI=1S/C8H14N4O/c1(8-10-6-11-12-8)3-9-7-2-4-13-5-7/h6-7,9H,1-5H2,(H,10,11,12). The third-order valence-corrected chi connectivity index (χ3v) is 2.19. The lowest BCUT2D eigenvalue weighted by Gasteiger charge is -2.08. The molecule has 0 saturated carbocycles. The van der Waals surface area contributed by atoms with Gasteiger partial charge in [0.15, 0.2) is 0 Å². The molecule has 0 amide bonds. The molecule has 1 saturated heterocycles. The van der Waals surface area contributed by atoms with Gasteiger partial charge in [-0.15, -0.1) is 0 Å². The van der Waals surface area contributed by atoms with E-state index in [4.69, 9.17) is 4.74 Å². The number of ether oxygens (including phenoxy) is 1. The van der Waals surface area contributed by atoms with Crippen molar-refractivity contribution in [2.45, 2.75) is 18.9 Å². The Kier molecular flexibility index (Phi) is 2.89. The number of hydrogen-bond donors (Lipinski definition) is 2. The molecule has 0 aromatic carbocycles. The summed E-state index contributed by atoms with van der Waals surface area (Å²) in [5.74, 6) is 0.936. The van der Waals surface area contributed by atoms with Crippen molar-refractivity contribution in [3.8, 4) is 0 Å². The lowest BCUT2D eigenvalue weighted by molar-refractivity contribution is 0.190. The van der Waals surface area contributed by atoms with E-state index in [1.807, 2.05) is 0 Å². The smallest absolute Gasteiger partial charge is 0.137 e.